The van der Waals surface area contributed by atoms with E-state index in [1.807, 2.05) is 12.1 Å². The van der Waals surface area contributed by atoms with Crippen LogP contribution in [-0.2, 0) is 0 Å². The van der Waals surface area contributed by atoms with Gasteiger partial charge in [-0.2, -0.15) is 0 Å². The number of hydrogen-bond acceptors (Lipinski definition) is 4. The summed E-state index contributed by atoms with van der Waals surface area (Å²) in [6, 6.07) is 14.1. The molecule has 0 saturated carbocycles. The van der Waals surface area contributed by atoms with Crippen LogP contribution in [0.5, 0.6) is 11.5 Å². The summed E-state index contributed by atoms with van der Waals surface area (Å²) in [4.78, 5) is 12.5. The molecule has 0 unspecified atom stereocenters. The van der Waals surface area contributed by atoms with E-state index in [9.17, 15) is 9.90 Å². The molecule has 116 valence electrons. The van der Waals surface area contributed by atoms with E-state index in [1.54, 1.807) is 43.3 Å². The fraction of sp³-hybridized carbons (Fsp3) is 0.0556. The van der Waals surface area contributed by atoms with Crippen molar-refractivity contribution in [3.63, 3.8) is 0 Å². The molecule has 0 spiro atoms. The summed E-state index contributed by atoms with van der Waals surface area (Å²) in [7, 11) is 0. The molecule has 0 aliphatic heterocycles. The lowest BCUT2D eigenvalue weighted by Crippen LogP contribution is -2.12. The summed E-state index contributed by atoms with van der Waals surface area (Å²) in [5.41, 5.74) is 7.16. The molecule has 23 heavy (non-hydrogen) atoms. The van der Waals surface area contributed by atoms with Gasteiger partial charge in [0, 0.05) is 20.9 Å². The number of phenols is 1. The molecule has 0 aliphatic carbocycles. The zero-order valence-electron chi connectivity index (χ0n) is 12.3. The largest absolute Gasteiger partial charge is 0.506 e. The SMILES string of the molecule is Cc1c(C(=O)Oc2ccccc2)c(O)c2cc(Br)ccc2c1N. The maximum Gasteiger partial charge on any atom is 0.347 e. The fourth-order valence-corrected chi connectivity index (χ4v) is 2.85. The van der Waals surface area contributed by atoms with Crippen molar-refractivity contribution in [2.75, 3.05) is 5.73 Å². The normalized spacial score (nSPS) is 10.7. The third kappa shape index (κ3) is 2.75. The minimum atomic E-state index is -0.639. The number of para-hydroxylation sites is 1. The average Bonchev–Trinajstić information content (AvgIpc) is 2.54. The number of anilines is 1. The number of phenolic OH excluding ortho intramolecular Hbond substituents is 1. The molecule has 0 bridgehead atoms. The Kier molecular flexibility index (Phi) is 3.96. The lowest BCUT2D eigenvalue weighted by molar-refractivity contribution is 0.0731. The summed E-state index contributed by atoms with van der Waals surface area (Å²) in [5.74, 6) is -0.363. The molecule has 0 saturated heterocycles. The standard InChI is InChI=1S/C18H14BrNO3/c1-10-15(18(22)23-12-5-3-2-4-6-12)17(21)14-9-11(19)7-8-13(14)16(10)20/h2-9,21H,20H2,1H3. The predicted molar refractivity (Wildman–Crippen MR) is 93.9 cm³/mol. The van der Waals surface area contributed by atoms with E-state index < -0.39 is 5.97 Å². The van der Waals surface area contributed by atoms with Crippen molar-refractivity contribution in [3.05, 3.63) is 64.1 Å². The molecule has 0 aliphatic rings. The number of fused-ring (bicyclic) bond motifs is 1. The Bertz CT molecular complexity index is 907. The summed E-state index contributed by atoms with van der Waals surface area (Å²) < 4.78 is 6.11. The molecule has 0 fully saturated rings. The number of halogens is 1. The first-order chi connectivity index (χ1) is 11.0. The van der Waals surface area contributed by atoms with Gasteiger partial charge in [0.1, 0.15) is 17.1 Å². The first-order valence-electron chi connectivity index (χ1n) is 6.96. The number of carbonyl (C=O) groups excluding carboxylic acids is 1. The summed E-state index contributed by atoms with van der Waals surface area (Å²) in [5, 5.41) is 11.7. The molecule has 0 amide bonds. The van der Waals surface area contributed by atoms with Crippen LogP contribution in [0.2, 0.25) is 0 Å². The van der Waals surface area contributed by atoms with Gasteiger partial charge in [-0.15, -0.1) is 0 Å². The van der Waals surface area contributed by atoms with E-state index >= 15 is 0 Å². The first kappa shape index (κ1) is 15.4. The van der Waals surface area contributed by atoms with Crippen molar-refractivity contribution in [1.82, 2.24) is 0 Å². The van der Waals surface area contributed by atoms with Gasteiger partial charge in [0.05, 0.1) is 0 Å². The Hall–Kier alpha value is -2.53. The Morgan fingerprint density at radius 2 is 1.83 bits per heavy atom. The molecular weight excluding hydrogens is 358 g/mol. The lowest BCUT2D eigenvalue weighted by Gasteiger charge is -2.14. The number of nitrogen functional groups attached to an aromatic ring is 1. The van der Waals surface area contributed by atoms with Gasteiger partial charge >= 0.3 is 5.97 Å². The molecule has 3 aromatic carbocycles. The maximum atomic E-state index is 12.5. The smallest absolute Gasteiger partial charge is 0.347 e. The molecule has 5 heteroatoms. The Morgan fingerprint density at radius 3 is 2.52 bits per heavy atom. The van der Waals surface area contributed by atoms with Crippen LogP contribution in [0, 0.1) is 6.92 Å². The van der Waals surface area contributed by atoms with Gasteiger partial charge in [-0.3, -0.25) is 0 Å². The van der Waals surface area contributed by atoms with Crippen LogP contribution in [-0.4, -0.2) is 11.1 Å². The van der Waals surface area contributed by atoms with Crippen LogP contribution in [0.3, 0.4) is 0 Å². The van der Waals surface area contributed by atoms with Crippen LogP contribution in [0.25, 0.3) is 10.8 Å². The zero-order chi connectivity index (χ0) is 16.6. The quantitative estimate of drug-likeness (QED) is 0.302. The molecule has 4 nitrogen and oxygen atoms in total. The highest BCUT2D eigenvalue weighted by atomic mass is 79.9. The highest BCUT2D eigenvalue weighted by Gasteiger charge is 2.22. The van der Waals surface area contributed by atoms with Gasteiger partial charge < -0.3 is 15.6 Å². The molecule has 0 radical (unpaired) electrons. The number of hydrogen-bond donors (Lipinski definition) is 2. The molecule has 0 atom stereocenters. The Balaban J connectivity index is 2.15. The molecule has 3 aromatic rings. The second-order valence-electron chi connectivity index (χ2n) is 5.15. The van der Waals surface area contributed by atoms with E-state index in [2.05, 4.69) is 15.9 Å². The van der Waals surface area contributed by atoms with Gasteiger partial charge in [0.25, 0.3) is 0 Å². The number of rotatable bonds is 2. The van der Waals surface area contributed by atoms with Gasteiger partial charge in [-0.1, -0.05) is 40.2 Å². The van der Waals surface area contributed by atoms with Crippen molar-refractivity contribution in [1.29, 1.82) is 0 Å². The number of ether oxygens (including phenoxy) is 1. The second-order valence-corrected chi connectivity index (χ2v) is 6.07. The van der Waals surface area contributed by atoms with E-state index in [0.29, 0.717) is 27.8 Å². The van der Waals surface area contributed by atoms with E-state index in [1.165, 1.54) is 0 Å². The Morgan fingerprint density at radius 1 is 1.13 bits per heavy atom. The third-order valence-electron chi connectivity index (χ3n) is 3.70. The number of carbonyl (C=O) groups is 1. The van der Waals surface area contributed by atoms with Crippen LogP contribution < -0.4 is 10.5 Å². The van der Waals surface area contributed by atoms with Crippen molar-refractivity contribution < 1.29 is 14.6 Å². The van der Waals surface area contributed by atoms with Gasteiger partial charge in [-0.05, 0) is 36.8 Å². The molecular formula is C18H14BrNO3. The zero-order valence-corrected chi connectivity index (χ0v) is 13.9. The Labute approximate surface area is 141 Å². The van der Waals surface area contributed by atoms with Gasteiger partial charge in [0.2, 0.25) is 0 Å². The van der Waals surface area contributed by atoms with Crippen molar-refractivity contribution in [3.8, 4) is 11.5 Å². The topological polar surface area (TPSA) is 72.5 Å². The van der Waals surface area contributed by atoms with E-state index in [0.717, 1.165) is 4.47 Å². The van der Waals surface area contributed by atoms with E-state index in [-0.39, 0.29) is 11.3 Å². The van der Waals surface area contributed by atoms with Crippen molar-refractivity contribution in [2.24, 2.45) is 0 Å². The van der Waals surface area contributed by atoms with Crippen molar-refractivity contribution >= 4 is 38.4 Å². The maximum absolute atomic E-state index is 12.5. The number of esters is 1. The number of benzene rings is 3. The second kappa shape index (κ2) is 5.93. The summed E-state index contributed by atoms with van der Waals surface area (Å²) in [6.45, 7) is 1.69. The lowest BCUT2D eigenvalue weighted by atomic mass is 9.98. The third-order valence-corrected chi connectivity index (χ3v) is 4.19. The number of nitrogens with two attached hydrogens (primary N) is 1. The summed E-state index contributed by atoms with van der Waals surface area (Å²) in [6.07, 6.45) is 0. The average molecular weight is 372 g/mol. The van der Waals surface area contributed by atoms with Crippen LogP contribution in [0.4, 0.5) is 5.69 Å². The molecule has 0 heterocycles. The summed E-state index contributed by atoms with van der Waals surface area (Å²) >= 11 is 3.36. The van der Waals surface area contributed by atoms with Gasteiger partial charge in [-0.25, -0.2) is 4.79 Å². The predicted octanol–water partition coefficient (Wildman–Crippen LogP) is 4.42. The highest BCUT2D eigenvalue weighted by molar-refractivity contribution is 9.10. The highest BCUT2D eigenvalue weighted by Crippen LogP contribution is 2.38. The van der Waals surface area contributed by atoms with Crippen LogP contribution in [0.1, 0.15) is 15.9 Å². The molecule has 3 rings (SSSR count). The number of aromatic hydroxyl groups is 1. The van der Waals surface area contributed by atoms with Crippen molar-refractivity contribution in [2.45, 2.75) is 6.92 Å². The monoisotopic (exact) mass is 371 g/mol. The first-order valence-corrected chi connectivity index (χ1v) is 7.76. The minimum Gasteiger partial charge on any atom is -0.506 e. The van der Waals surface area contributed by atoms with Gasteiger partial charge in [0.15, 0.2) is 0 Å². The van der Waals surface area contributed by atoms with Crippen LogP contribution in [0.15, 0.2) is 53.0 Å². The molecule has 0 aromatic heterocycles. The fourth-order valence-electron chi connectivity index (χ4n) is 2.49. The minimum absolute atomic E-state index is 0.0805. The van der Waals surface area contributed by atoms with Crippen LogP contribution >= 0.6 is 15.9 Å². The van der Waals surface area contributed by atoms with E-state index in [4.69, 9.17) is 10.5 Å². The molecule has 3 N–H and O–H groups in total.